The van der Waals surface area contributed by atoms with Crippen LogP contribution >= 0.6 is 0 Å². The summed E-state index contributed by atoms with van der Waals surface area (Å²) in [7, 11) is 1.86. The summed E-state index contributed by atoms with van der Waals surface area (Å²) in [6, 6.07) is 3.84. The molecule has 0 unspecified atom stereocenters. The van der Waals surface area contributed by atoms with Gasteiger partial charge in [0.05, 0.1) is 18.8 Å². The first-order chi connectivity index (χ1) is 7.79. The van der Waals surface area contributed by atoms with Gasteiger partial charge in [-0.2, -0.15) is 0 Å². The molecule has 16 heavy (non-hydrogen) atoms. The van der Waals surface area contributed by atoms with Crippen molar-refractivity contribution in [2.75, 3.05) is 32.1 Å². The molecule has 5 nitrogen and oxygen atoms in total. The average Bonchev–Trinajstić information content (AvgIpc) is 2.32. The van der Waals surface area contributed by atoms with E-state index in [1.54, 1.807) is 11.1 Å². The van der Waals surface area contributed by atoms with E-state index in [1.165, 1.54) is 0 Å². The molecule has 1 N–H and O–H groups in total. The summed E-state index contributed by atoms with van der Waals surface area (Å²) < 4.78 is 5.07. The third-order valence-electron chi connectivity index (χ3n) is 2.54. The monoisotopic (exact) mass is 221 g/mol. The van der Waals surface area contributed by atoms with Crippen molar-refractivity contribution in [1.82, 2.24) is 9.88 Å². The predicted molar refractivity (Wildman–Crippen MR) is 60.0 cm³/mol. The summed E-state index contributed by atoms with van der Waals surface area (Å²) in [6.45, 7) is 1.99. The zero-order valence-electron chi connectivity index (χ0n) is 9.27. The van der Waals surface area contributed by atoms with Crippen molar-refractivity contribution in [2.24, 2.45) is 0 Å². The Kier molecular flexibility index (Phi) is 3.36. The van der Waals surface area contributed by atoms with Crippen molar-refractivity contribution < 1.29 is 9.53 Å². The summed E-state index contributed by atoms with van der Waals surface area (Å²) in [5.41, 5.74) is 1.90. The third-order valence-corrected chi connectivity index (χ3v) is 2.54. The first-order valence-electron chi connectivity index (χ1n) is 5.28. The van der Waals surface area contributed by atoms with Gasteiger partial charge in [0.25, 0.3) is 0 Å². The molecule has 1 aliphatic heterocycles. The number of rotatable bonds is 3. The smallest absolute Gasteiger partial charge is 0.248 e. The number of hydrogen-bond acceptors (Lipinski definition) is 4. The van der Waals surface area contributed by atoms with E-state index in [2.05, 4.69) is 10.3 Å². The van der Waals surface area contributed by atoms with E-state index in [9.17, 15) is 4.79 Å². The number of carbonyl (C=O) groups is 1. The Morgan fingerprint density at radius 1 is 1.62 bits per heavy atom. The van der Waals surface area contributed by atoms with Crippen molar-refractivity contribution >= 4 is 11.6 Å². The summed E-state index contributed by atoms with van der Waals surface area (Å²) in [6.07, 6.45) is 1.74. The number of pyridine rings is 1. The van der Waals surface area contributed by atoms with Crippen LogP contribution in [0.25, 0.3) is 0 Å². The van der Waals surface area contributed by atoms with Crippen LogP contribution in [-0.2, 0) is 16.1 Å². The van der Waals surface area contributed by atoms with Gasteiger partial charge in [-0.05, 0) is 12.1 Å². The molecule has 1 amide bonds. The Morgan fingerprint density at radius 3 is 3.25 bits per heavy atom. The Morgan fingerprint density at radius 2 is 2.50 bits per heavy atom. The highest BCUT2D eigenvalue weighted by molar-refractivity contribution is 5.77. The Bertz CT molecular complexity index is 381. The van der Waals surface area contributed by atoms with E-state index in [-0.39, 0.29) is 12.5 Å². The van der Waals surface area contributed by atoms with Crippen LogP contribution < -0.4 is 5.32 Å². The van der Waals surface area contributed by atoms with Gasteiger partial charge in [-0.15, -0.1) is 0 Å². The Hall–Kier alpha value is -1.62. The number of anilines is 1. The van der Waals surface area contributed by atoms with E-state index in [4.69, 9.17) is 4.74 Å². The summed E-state index contributed by atoms with van der Waals surface area (Å²) in [5.74, 6) is 0.0305. The second kappa shape index (κ2) is 4.94. The maximum absolute atomic E-state index is 11.5. The molecule has 5 heteroatoms. The first-order valence-corrected chi connectivity index (χ1v) is 5.28. The SMILES string of the molecule is CNc1ccnc(CN2CCOCC2=O)c1. The maximum Gasteiger partial charge on any atom is 0.248 e. The van der Waals surface area contributed by atoms with Crippen LogP contribution in [-0.4, -0.2) is 42.6 Å². The van der Waals surface area contributed by atoms with Crippen LogP contribution in [0.3, 0.4) is 0 Å². The number of hydrogen-bond donors (Lipinski definition) is 1. The highest BCUT2D eigenvalue weighted by Crippen LogP contribution is 2.10. The summed E-state index contributed by atoms with van der Waals surface area (Å²) in [5, 5.41) is 3.05. The fourth-order valence-corrected chi connectivity index (χ4v) is 1.63. The molecule has 0 atom stereocenters. The molecule has 1 aromatic rings. The van der Waals surface area contributed by atoms with Crippen LogP contribution in [0.15, 0.2) is 18.3 Å². The van der Waals surface area contributed by atoms with E-state index in [0.29, 0.717) is 19.7 Å². The van der Waals surface area contributed by atoms with E-state index in [1.807, 2.05) is 19.2 Å². The van der Waals surface area contributed by atoms with Crippen molar-refractivity contribution in [3.05, 3.63) is 24.0 Å². The molecule has 2 rings (SSSR count). The first kappa shape index (κ1) is 10.9. The van der Waals surface area contributed by atoms with Crippen LogP contribution in [0.4, 0.5) is 5.69 Å². The number of morpholine rings is 1. The lowest BCUT2D eigenvalue weighted by molar-refractivity contribution is -0.143. The van der Waals surface area contributed by atoms with Gasteiger partial charge in [-0.25, -0.2) is 0 Å². The Labute approximate surface area is 94.4 Å². The average molecular weight is 221 g/mol. The summed E-state index contributed by atoms with van der Waals surface area (Å²) >= 11 is 0. The van der Waals surface area contributed by atoms with Gasteiger partial charge in [-0.1, -0.05) is 0 Å². The van der Waals surface area contributed by atoms with Crippen LogP contribution in [0.1, 0.15) is 5.69 Å². The highest BCUT2D eigenvalue weighted by atomic mass is 16.5. The normalized spacial score (nSPS) is 16.3. The van der Waals surface area contributed by atoms with Gasteiger partial charge in [0.1, 0.15) is 6.61 Å². The zero-order chi connectivity index (χ0) is 11.4. The molecule has 0 bridgehead atoms. The highest BCUT2D eigenvalue weighted by Gasteiger charge is 2.18. The van der Waals surface area contributed by atoms with E-state index >= 15 is 0 Å². The second-order valence-corrected chi connectivity index (χ2v) is 3.65. The molecular weight excluding hydrogens is 206 g/mol. The van der Waals surface area contributed by atoms with Gasteiger partial charge in [0.15, 0.2) is 0 Å². The van der Waals surface area contributed by atoms with E-state index in [0.717, 1.165) is 11.4 Å². The van der Waals surface area contributed by atoms with Gasteiger partial charge < -0.3 is 15.0 Å². The number of amides is 1. The summed E-state index contributed by atoms with van der Waals surface area (Å²) in [4.78, 5) is 17.5. The number of carbonyl (C=O) groups excluding carboxylic acids is 1. The molecule has 1 fully saturated rings. The minimum atomic E-state index is 0.0305. The number of nitrogens with one attached hydrogen (secondary N) is 1. The molecule has 1 aromatic heterocycles. The van der Waals surface area contributed by atoms with Gasteiger partial charge in [0.2, 0.25) is 5.91 Å². The van der Waals surface area contributed by atoms with Crippen LogP contribution in [0.5, 0.6) is 0 Å². The molecule has 1 saturated heterocycles. The lowest BCUT2D eigenvalue weighted by atomic mass is 10.3. The predicted octanol–water partition coefficient (Wildman–Crippen LogP) is 0.482. The van der Waals surface area contributed by atoms with Crippen molar-refractivity contribution in [2.45, 2.75) is 6.54 Å². The number of nitrogens with zero attached hydrogens (tertiary/aromatic N) is 2. The minimum absolute atomic E-state index is 0.0305. The molecule has 2 heterocycles. The molecule has 1 aliphatic rings. The van der Waals surface area contributed by atoms with Gasteiger partial charge in [-0.3, -0.25) is 9.78 Å². The van der Waals surface area contributed by atoms with Crippen molar-refractivity contribution in [1.29, 1.82) is 0 Å². The lowest BCUT2D eigenvalue weighted by Crippen LogP contribution is -2.41. The fourth-order valence-electron chi connectivity index (χ4n) is 1.63. The second-order valence-electron chi connectivity index (χ2n) is 3.65. The molecular formula is C11H15N3O2. The third kappa shape index (κ3) is 2.49. The lowest BCUT2D eigenvalue weighted by Gasteiger charge is -2.26. The largest absolute Gasteiger partial charge is 0.388 e. The van der Waals surface area contributed by atoms with Gasteiger partial charge >= 0.3 is 0 Å². The molecule has 0 spiro atoms. The minimum Gasteiger partial charge on any atom is -0.388 e. The van der Waals surface area contributed by atoms with Crippen LogP contribution in [0.2, 0.25) is 0 Å². The standard InChI is InChI=1S/C11H15N3O2/c1-12-9-2-3-13-10(6-9)7-14-4-5-16-8-11(14)15/h2-3,6H,4-5,7-8H2,1H3,(H,12,13). The maximum atomic E-state index is 11.5. The molecule has 0 aliphatic carbocycles. The van der Waals surface area contributed by atoms with E-state index < -0.39 is 0 Å². The quantitative estimate of drug-likeness (QED) is 0.806. The van der Waals surface area contributed by atoms with Crippen LogP contribution in [0, 0.1) is 0 Å². The topological polar surface area (TPSA) is 54.5 Å². The van der Waals surface area contributed by atoms with Crippen molar-refractivity contribution in [3.8, 4) is 0 Å². The molecule has 86 valence electrons. The Balaban J connectivity index is 2.04. The van der Waals surface area contributed by atoms with Crippen molar-refractivity contribution in [3.63, 3.8) is 0 Å². The van der Waals surface area contributed by atoms with Gasteiger partial charge in [0, 0.05) is 25.5 Å². The fraction of sp³-hybridized carbons (Fsp3) is 0.455. The number of aromatic nitrogens is 1. The molecule has 0 radical (unpaired) electrons. The number of ether oxygens (including phenoxy) is 1. The molecule has 0 aromatic carbocycles. The zero-order valence-corrected chi connectivity index (χ0v) is 9.27. The molecule has 0 saturated carbocycles.